The Bertz CT molecular complexity index is 1170. The highest BCUT2D eigenvalue weighted by Gasteiger charge is 2.24. The van der Waals surface area contributed by atoms with Crippen molar-refractivity contribution in [2.45, 2.75) is 26.7 Å². The highest BCUT2D eigenvalue weighted by Crippen LogP contribution is 2.20. The van der Waals surface area contributed by atoms with E-state index in [1.807, 2.05) is 47.4 Å². The smallest absolute Gasteiger partial charge is 0.242 e. The summed E-state index contributed by atoms with van der Waals surface area (Å²) in [5.41, 5.74) is 2.44. The van der Waals surface area contributed by atoms with E-state index < -0.39 is 0 Å². The van der Waals surface area contributed by atoms with Crippen molar-refractivity contribution < 1.29 is 14.0 Å². The molecule has 1 fully saturated rings. The van der Waals surface area contributed by atoms with Gasteiger partial charge in [0.05, 0.1) is 18.7 Å². The minimum Gasteiger partial charge on any atom is -0.353 e. The Hall–Kier alpha value is -3.81. The number of rotatable bonds is 8. The highest BCUT2D eigenvalue weighted by molar-refractivity contribution is 5.86. The van der Waals surface area contributed by atoms with Crippen LogP contribution in [0.5, 0.6) is 0 Å². The van der Waals surface area contributed by atoms with Gasteiger partial charge in [-0.2, -0.15) is 0 Å². The third kappa shape index (κ3) is 7.35. The average Bonchev–Trinajstić information content (AvgIpc) is 3.16. The van der Waals surface area contributed by atoms with Crippen molar-refractivity contribution in [2.75, 3.05) is 44.2 Å². The molecule has 1 aliphatic rings. The molecule has 1 aromatic heterocycles. The van der Waals surface area contributed by atoms with Crippen LogP contribution in [0.25, 0.3) is 11.3 Å². The number of carbonyl (C=O) groups excluding carboxylic acids is 2. The summed E-state index contributed by atoms with van der Waals surface area (Å²) in [6.07, 6.45) is 1.09. The molecule has 0 unspecified atom stereocenters. The number of aromatic nitrogens is 2. The minimum atomic E-state index is -0.287. The van der Waals surface area contributed by atoms with Crippen LogP contribution in [0.4, 0.5) is 10.2 Å². The third-order valence-electron chi connectivity index (χ3n) is 6.43. The van der Waals surface area contributed by atoms with Crippen molar-refractivity contribution in [1.29, 1.82) is 0 Å². The van der Waals surface area contributed by atoms with E-state index >= 15 is 0 Å². The topological polar surface area (TPSA) is 69.6 Å². The fourth-order valence-electron chi connectivity index (χ4n) is 4.51. The first-order chi connectivity index (χ1) is 17.9. The van der Waals surface area contributed by atoms with Gasteiger partial charge in [-0.3, -0.25) is 9.59 Å². The van der Waals surface area contributed by atoms with Crippen LogP contribution in [0.2, 0.25) is 0 Å². The molecule has 1 saturated heterocycles. The number of anilines is 1. The molecule has 0 spiro atoms. The number of halogens is 1. The van der Waals surface area contributed by atoms with Crippen LogP contribution in [0.1, 0.15) is 25.8 Å². The van der Waals surface area contributed by atoms with Gasteiger partial charge in [0.15, 0.2) is 5.82 Å². The maximum atomic E-state index is 13.2. The van der Waals surface area contributed by atoms with Gasteiger partial charge >= 0.3 is 0 Å². The largest absolute Gasteiger partial charge is 0.353 e. The highest BCUT2D eigenvalue weighted by atomic mass is 19.1. The molecule has 0 atom stereocenters. The van der Waals surface area contributed by atoms with Gasteiger partial charge in [-0.25, -0.2) is 4.39 Å². The first-order valence-corrected chi connectivity index (χ1v) is 12.8. The molecule has 0 bridgehead atoms. The van der Waals surface area contributed by atoms with Gasteiger partial charge in [-0.1, -0.05) is 44.2 Å². The van der Waals surface area contributed by atoms with Crippen molar-refractivity contribution in [1.82, 2.24) is 20.0 Å². The molecule has 0 radical (unpaired) electrons. The predicted molar refractivity (Wildman–Crippen MR) is 142 cm³/mol. The Labute approximate surface area is 217 Å². The quantitative estimate of drug-likeness (QED) is 0.464. The van der Waals surface area contributed by atoms with Gasteiger partial charge in [-0.05, 0) is 54.3 Å². The van der Waals surface area contributed by atoms with E-state index in [0.29, 0.717) is 38.3 Å². The Morgan fingerprint density at radius 1 is 0.919 bits per heavy atom. The number of hydrogen-bond donors (Lipinski definition) is 0. The molecule has 2 heterocycles. The van der Waals surface area contributed by atoms with E-state index in [-0.39, 0.29) is 30.1 Å². The zero-order valence-electron chi connectivity index (χ0n) is 21.5. The standard InChI is InChI=1S/C29H34FN5O2/c1-22(2)20-35(28(36)19-23-7-4-3-5-8-23)21-29(37)34-16-6-15-33(17-18-34)27-14-13-26(31-32-27)24-9-11-25(30)12-10-24/h3-5,7-14,22H,6,15-21H2,1-2H3. The zero-order valence-corrected chi connectivity index (χ0v) is 21.5. The number of amides is 2. The van der Waals surface area contributed by atoms with E-state index in [1.165, 1.54) is 12.1 Å². The van der Waals surface area contributed by atoms with Crippen LogP contribution in [0.3, 0.4) is 0 Å². The van der Waals surface area contributed by atoms with Gasteiger partial charge in [-0.15, -0.1) is 10.2 Å². The van der Waals surface area contributed by atoms with Crippen molar-refractivity contribution in [2.24, 2.45) is 5.92 Å². The van der Waals surface area contributed by atoms with Gasteiger partial charge in [0.2, 0.25) is 11.8 Å². The van der Waals surface area contributed by atoms with Crippen LogP contribution in [0, 0.1) is 11.7 Å². The molecule has 2 aromatic carbocycles. The monoisotopic (exact) mass is 503 g/mol. The predicted octanol–water partition coefficient (Wildman–Crippen LogP) is 4.05. The summed E-state index contributed by atoms with van der Waals surface area (Å²) in [5.74, 6) is 0.677. The van der Waals surface area contributed by atoms with E-state index in [0.717, 1.165) is 29.9 Å². The van der Waals surface area contributed by atoms with Gasteiger partial charge in [0, 0.05) is 38.3 Å². The number of nitrogens with zero attached hydrogens (tertiary/aromatic N) is 5. The molecule has 4 rings (SSSR count). The summed E-state index contributed by atoms with van der Waals surface area (Å²) in [4.78, 5) is 31.9. The molecule has 8 heteroatoms. The van der Waals surface area contributed by atoms with Gasteiger partial charge < -0.3 is 14.7 Å². The minimum absolute atomic E-state index is 0.0262. The molecule has 0 aliphatic carbocycles. The Balaban J connectivity index is 1.35. The molecular formula is C29H34FN5O2. The second-order valence-electron chi connectivity index (χ2n) is 9.84. The fraction of sp³-hybridized carbons (Fsp3) is 0.379. The maximum absolute atomic E-state index is 13.2. The van der Waals surface area contributed by atoms with Gasteiger partial charge in [0.1, 0.15) is 5.82 Å². The SMILES string of the molecule is CC(C)CN(CC(=O)N1CCCN(c2ccc(-c3ccc(F)cc3)nn2)CC1)C(=O)Cc1ccccc1. The van der Waals surface area contributed by atoms with E-state index in [9.17, 15) is 14.0 Å². The second kappa shape index (κ2) is 12.4. The molecule has 7 nitrogen and oxygen atoms in total. The summed E-state index contributed by atoms with van der Waals surface area (Å²) < 4.78 is 13.2. The van der Waals surface area contributed by atoms with Crippen LogP contribution >= 0.6 is 0 Å². The Morgan fingerprint density at radius 3 is 2.35 bits per heavy atom. The summed E-state index contributed by atoms with van der Waals surface area (Å²) in [6, 6.07) is 19.6. The van der Waals surface area contributed by atoms with Crippen molar-refractivity contribution >= 4 is 17.6 Å². The lowest BCUT2D eigenvalue weighted by molar-refractivity contribution is -0.140. The lowest BCUT2D eigenvalue weighted by atomic mass is 10.1. The lowest BCUT2D eigenvalue weighted by Gasteiger charge is -2.28. The summed E-state index contributed by atoms with van der Waals surface area (Å²) in [6.45, 7) is 7.35. The molecule has 0 saturated carbocycles. The normalized spacial score (nSPS) is 13.9. The van der Waals surface area contributed by atoms with E-state index in [1.54, 1.807) is 17.0 Å². The molecule has 3 aromatic rings. The van der Waals surface area contributed by atoms with Crippen molar-refractivity contribution in [3.8, 4) is 11.3 Å². The first kappa shape index (κ1) is 26.3. The van der Waals surface area contributed by atoms with E-state index in [4.69, 9.17) is 0 Å². The first-order valence-electron chi connectivity index (χ1n) is 12.8. The maximum Gasteiger partial charge on any atom is 0.242 e. The van der Waals surface area contributed by atoms with Crippen LogP contribution in [-0.4, -0.2) is 71.1 Å². The van der Waals surface area contributed by atoms with Crippen molar-refractivity contribution in [3.05, 3.63) is 78.1 Å². The number of benzene rings is 2. The average molecular weight is 504 g/mol. The number of carbonyl (C=O) groups is 2. The fourth-order valence-corrected chi connectivity index (χ4v) is 4.51. The summed E-state index contributed by atoms with van der Waals surface area (Å²) in [5, 5.41) is 8.70. The zero-order chi connectivity index (χ0) is 26.2. The number of hydrogen-bond acceptors (Lipinski definition) is 5. The van der Waals surface area contributed by atoms with Crippen molar-refractivity contribution in [3.63, 3.8) is 0 Å². The van der Waals surface area contributed by atoms with Gasteiger partial charge in [0.25, 0.3) is 0 Å². The molecule has 0 N–H and O–H groups in total. The Kier molecular flexibility index (Phi) is 8.82. The third-order valence-corrected chi connectivity index (χ3v) is 6.43. The van der Waals surface area contributed by atoms with E-state index in [2.05, 4.69) is 28.9 Å². The summed E-state index contributed by atoms with van der Waals surface area (Å²) in [7, 11) is 0. The Morgan fingerprint density at radius 2 is 1.68 bits per heavy atom. The lowest BCUT2D eigenvalue weighted by Crippen LogP contribution is -2.45. The molecule has 1 aliphatic heterocycles. The molecule has 37 heavy (non-hydrogen) atoms. The molecular weight excluding hydrogens is 469 g/mol. The molecule has 2 amide bonds. The summed E-state index contributed by atoms with van der Waals surface area (Å²) >= 11 is 0. The second-order valence-corrected chi connectivity index (χ2v) is 9.84. The molecule has 194 valence electrons. The van der Waals surface area contributed by atoms with Crippen LogP contribution in [0.15, 0.2) is 66.7 Å². The van der Waals surface area contributed by atoms with Crippen LogP contribution in [-0.2, 0) is 16.0 Å². The van der Waals surface area contributed by atoms with Crippen LogP contribution < -0.4 is 4.90 Å².